The fraction of sp³-hybridized carbons (Fsp3) is 0.120. The monoisotopic (exact) mass is 478 g/mol. The SMILES string of the molecule is Cc1ccc(NC(=O)/C(C#N)=C/c2ccc(OCc3cccc(F)c3)c(Br)c2)c(C)c1. The van der Waals surface area contributed by atoms with Gasteiger partial charge < -0.3 is 10.1 Å². The van der Waals surface area contributed by atoms with Crippen molar-refractivity contribution >= 4 is 33.6 Å². The largest absolute Gasteiger partial charge is 0.488 e. The molecular weight excluding hydrogens is 459 g/mol. The molecule has 0 radical (unpaired) electrons. The molecule has 1 amide bonds. The topological polar surface area (TPSA) is 62.1 Å². The van der Waals surface area contributed by atoms with Crippen molar-refractivity contribution in [2.45, 2.75) is 20.5 Å². The maximum Gasteiger partial charge on any atom is 0.266 e. The molecule has 0 heterocycles. The molecule has 31 heavy (non-hydrogen) atoms. The van der Waals surface area contributed by atoms with Gasteiger partial charge in [0.2, 0.25) is 0 Å². The molecule has 4 nitrogen and oxygen atoms in total. The van der Waals surface area contributed by atoms with Crippen molar-refractivity contribution in [2.75, 3.05) is 5.32 Å². The lowest BCUT2D eigenvalue weighted by Gasteiger charge is -2.10. The van der Waals surface area contributed by atoms with Crippen molar-refractivity contribution in [1.29, 1.82) is 5.26 Å². The molecule has 0 aliphatic carbocycles. The number of carbonyl (C=O) groups excluding carboxylic acids is 1. The number of amides is 1. The van der Waals surface area contributed by atoms with Gasteiger partial charge in [0.15, 0.2) is 0 Å². The number of ether oxygens (including phenoxy) is 1. The summed E-state index contributed by atoms with van der Waals surface area (Å²) >= 11 is 3.44. The second-order valence-electron chi connectivity index (χ2n) is 7.05. The van der Waals surface area contributed by atoms with Gasteiger partial charge in [0.05, 0.1) is 4.47 Å². The average molecular weight is 479 g/mol. The summed E-state index contributed by atoms with van der Waals surface area (Å²) in [6.07, 6.45) is 1.51. The second-order valence-corrected chi connectivity index (χ2v) is 7.91. The molecule has 0 bridgehead atoms. The number of carbonyl (C=O) groups is 1. The highest BCUT2D eigenvalue weighted by atomic mass is 79.9. The third-order valence-corrected chi connectivity index (χ3v) is 5.17. The van der Waals surface area contributed by atoms with Crippen molar-refractivity contribution in [2.24, 2.45) is 0 Å². The average Bonchev–Trinajstić information content (AvgIpc) is 2.73. The summed E-state index contributed by atoms with van der Waals surface area (Å²) in [5.74, 6) is -0.222. The Morgan fingerprint density at radius 2 is 1.97 bits per heavy atom. The van der Waals surface area contributed by atoms with E-state index in [1.54, 1.807) is 30.3 Å². The first-order valence-corrected chi connectivity index (χ1v) is 10.3. The van der Waals surface area contributed by atoms with E-state index in [2.05, 4.69) is 21.2 Å². The van der Waals surface area contributed by atoms with Crippen LogP contribution in [0.1, 0.15) is 22.3 Å². The second kappa shape index (κ2) is 10.1. The molecule has 0 aliphatic rings. The molecule has 156 valence electrons. The van der Waals surface area contributed by atoms with E-state index < -0.39 is 5.91 Å². The minimum Gasteiger partial charge on any atom is -0.488 e. The summed E-state index contributed by atoms with van der Waals surface area (Å²) in [4.78, 5) is 12.6. The summed E-state index contributed by atoms with van der Waals surface area (Å²) in [6.45, 7) is 4.09. The number of anilines is 1. The number of hydrogen-bond donors (Lipinski definition) is 1. The zero-order chi connectivity index (χ0) is 22.4. The van der Waals surface area contributed by atoms with Gasteiger partial charge in [-0.1, -0.05) is 35.9 Å². The number of benzene rings is 3. The molecule has 0 atom stereocenters. The summed E-state index contributed by atoms with van der Waals surface area (Å²) in [5.41, 5.74) is 4.05. The molecular formula is C25H20BrFN2O2. The first-order chi connectivity index (χ1) is 14.9. The lowest BCUT2D eigenvalue weighted by Crippen LogP contribution is -2.14. The van der Waals surface area contributed by atoms with E-state index in [4.69, 9.17) is 4.74 Å². The Morgan fingerprint density at radius 3 is 2.65 bits per heavy atom. The van der Waals surface area contributed by atoms with Crippen LogP contribution < -0.4 is 10.1 Å². The normalized spacial score (nSPS) is 11.0. The zero-order valence-corrected chi connectivity index (χ0v) is 18.7. The maximum absolute atomic E-state index is 13.3. The van der Waals surface area contributed by atoms with E-state index in [0.29, 0.717) is 27.0 Å². The third-order valence-electron chi connectivity index (χ3n) is 4.55. The van der Waals surface area contributed by atoms with E-state index in [9.17, 15) is 14.4 Å². The van der Waals surface area contributed by atoms with Crippen LogP contribution in [-0.2, 0) is 11.4 Å². The number of nitrogens with one attached hydrogen (secondary N) is 1. The Bertz CT molecular complexity index is 1200. The van der Waals surface area contributed by atoms with Crippen LogP contribution in [0, 0.1) is 31.0 Å². The molecule has 0 saturated heterocycles. The van der Waals surface area contributed by atoms with Crippen LogP contribution in [0.5, 0.6) is 5.75 Å². The molecule has 3 aromatic carbocycles. The number of halogens is 2. The highest BCUT2D eigenvalue weighted by Gasteiger charge is 2.12. The Hall–Kier alpha value is -3.43. The predicted molar refractivity (Wildman–Crippen MR) is 123 cm³/mol. The van der Waals surface area contributed by atoms with Crippen LogP contribution in [0.2, 0.25) is 0 Å². The van der Waals surface area contributed by atoms with Crippen LogP contribution in [0.4, 0.5) is 10.1 Å². The van der Waals surface area contributed by atoms with Crippen LogP contribution >= 0.6 is 15.9 Å². The van der Waals surface area contributed by atoms with Gasteiger partial charge in [-0.15, -0.1) is 0 Å². The molecule has 1 N–H and O–H groups in total. The Labute approximate surface area is 189 Å². The number of aryl methyl sites for hydroxylation is 2. The van der Waals surface area contributed by atoms with Crippen LogP contribution in [0.3, 0.4) is 0 Å². The van der Waals surface area contributed by atoms with Crippen molar-refractivity contribution in [3.63, 3.8) is 0 Å². The minimum atomic E-state index is -0.475. The highest BCUT2D eigenvalue weighted by molar-refractivity contribution is 9.10. The van der Waals surface area contributed by atoms with E-state index in [1.807, 2.05) is 38.1 Å². The van der Waals surface area contributed by atoms with E-state index in [1.165, 1.54) is 18.2 Å². The molecule has 0 aliphatic heterocycles. The Kier molecular flexibility index (Phi) is 7.22. The fourth-order valence-electron chi connectivity index (χ4n) is 2.97. The molecule has 3 aromatic rings. The molecule has 6 heteroatoms. The fourth-order valence-corrected chi connectivity index (χ4v) is 3.48. The van der Waals surface area contributed by atoms with Gasteiger partial charge in [0.25, 0.3) is 5.91 Å². The standard InChI is InChI=1S/C25H20BrFN2O2/c1-16-6-8-23(17(2)10-16)29-25(30)20(14-28)11-18-7-9-24(22(26)13-18)31-15-19-4-3-5-21(27)12-19/h3-13H,15H2,1-2H3,(H,29,30)/b20-11+. The summed E-state index contributed by atoms with van der Waals surface area (Å²) in [7, 11) is 0. The van der Waals surface area contributed by atoms with Crippen LogP contribution in [-0.4, -0.2) is 5.91 Å². The smallest absolute Gasteiger partial charge is 0.266 e. The molecule has 0 aromatic heterocycles. The lowest BCUT2D eigenvalue weighted by atomic mass is 10.1. The van der Waals surface area contributed by atoms with E-state index >= 15 is 0 Å². The number of nitrogens with zero attached hydrogens (tertiary/aromatic N) is 1. The first kappa shape index (κ1) is 22.3. The summed E-state index contributed by atoms with van der Waals surface area (Å²) in [6, 6.07) is 19.1. The summed E-state index contributed by atoms with van der Waals surface area (Å²) < 4.78 is 19.7. The molecule has 0 spiro atoms. The van der Waals surface area contributed by atoms with Gasteiger partial charge >= 0.3 is 0 Å². The molecule has 0 unspecified atom stereocenters. The number of rotatable bonds is 6. The van der Waals surface area contributed by atoms with Crippen molar-refractivity contribution in [1.82, 2.24) is 0 Å². The maximum atomic E-state index is 13.3. The lowest BCUT2D eigenvalue weighted by molar-refractivity contribution is -0.112. The predicted octanol–water partition coefficient (Wildman–Crippen LogP) is 6.33. The van der Waals surface area contributed by atoms with Gasteiger partial charge in [-0.05, 0) is 82.9 Å². The number of hydrogen-bond acceptors (Lipinski definition) is 3. The van der Waals surface area contributed by atoms with E-state index in [0.717, 1.165) is 11.1 Å². The molecule has 3 rings (SSSR count). The third kappa shape index (κ3) is 6.03. The van der Waals surface area contributed by atoms with Gasteiger partial charge in [0.1, 0.15) is 29.8 Å². The summed E-state index contributed by atoms with van der Waals surface area (Å²) in [5, 5.41) is 12.2. The van der Waals surface area contributed by atoms with Crippen molar-refractivity contribution in [3.8, 4) is 11.8 Å². The van der Waals surface area contributed by atoms with Crippen LogP contribution in [0.15, 0.2) is 70.7 Å². The Balaban J connectivity index is 1.72. The molecule has 0 saturated carbocycles. The zero-order valence-electron chi connectivity index (χ0n) is 17.1. The van der Waals surface area contributed by atoms with Gasteiger partial charge in [-0.2, -0.15) is 5.26 Å². The van der Waals surface area contributed by atoms with Crippen LogP contribution in [0.25, 0.3) is 6.08 Å². The number of nitriles is 1. The van der Waals surface area contributed by atoms with Crippen molar-refractivity contribution in [3.05, 3.63) is 98.8 Å². The van der Waals surface area contributed by atoms with Gasteiger partial charge in [0, 0.05) is 5.69 Å². The van der Waals surface area contributed by atoms with E-state index in [-0.39, 0.29) is 18.0 Å². The first-order valence-electron chi connectivity index (χ1n) is 9.53. The van der Waals surface area contributed by atoms with Gasteiger partial charge in [-0.25, -0.2) is 4.39 Å². The minimum absolute atomic E-state index is 0.0136. The molecule has 0 fully saturated rings. The van der Waals surface area contributed by atoms with Crippen molar-refractivity contribution < 1.29 is 13.9 Å². The quantitative estimate of drug-likeness (QED) is 0.332. The van der Waals surface area contributed by atoms with Gasteiger partial charge in [-0.3, -0.25) is 4.79 Å². The highest BCUT2D eigenvalue weighted by Crippen LogP contribution is 2.28. The Morgan fingerprint density at radius 1 is 1.16 bits per heavy atom.